The van der Waals surface area contributed by atoms with Crippen molar-refractivity contribution in [1.82, 2.24) is 10.2 Å². The molecule has 1 saturated carbocycles. The Balaban J connectivity index is 1.88. The van der Waals surface area contributed by atoms with Crippen molar-refractivity contribution in [1.29, 1.82) is 0 Å². The molecule has 1 aromatic rings. The van der Waals surface area contributed by atoms with Crippen LogP contribution in [0.2, 0.25) is 0 Å². The maximum atomic E-state index is 12.4. The Labute approximate surface area is 113 Å². The summed E-state index contributed by atoms with van der Waals surface area (Å²) in [6, 6.07) is 8.09. The summed E-state index contributed by atoms with van der Waals surface area (Å²) in [6.45, 7) is 2.47. The van der Waals surface area contributed by atoms with Gasteiger partial charge in [-0.05, 0) is 18.9 Å². The van der Waals surface area contributed by atoms with E-state index in [1.165, 1.54) is 0 Å². The van der Waals surface area contributed by atoms with Crippen molar-refractivity contribution in [2.45, 2.75) is 18.9 Å². The molecular formula is C15H20N2O2. The van der Waals surface area contributed by atoms with E-state index in [1.54, 1.807) is 7.11 Å². The third kappa shape index (κ3) is 2.45. The van der Waals surface area contributed by atoms with Crippen molar-refractivity contribution in [2.75, 3.05) is 26.7 Å². The molecule has 0 bridgehead atoms. The normalized spacial score (nSPS) is 23.2. The summed E-state index contributed by atoms with van der Waals surface area (Å²) >= 11 is 0. The lowest BCUT2D eigenvalue weighted by molar-refractivity contribution is -0.136. The molecule has 1 saturated heterocycles. The number of hydrogen-bond acceptors (Lipinski definition) is 3. The Morgan fingerprint density at radius 3 is 2.89 bits per heavy atom. The van der Waals surface area contributed by atoms with Gasteiger partial charge in [0.1, 0.15) is 5.75 Å². The van der Waals surface area contributed by atoms with Crippen LogP contribution in [0.4, 0.5) is 0 Å². The Kier molecular flexibility index (Phi) is 3.42. The van der Waals surface area contributed by atoms with Crippen LogP contribution in [-0.2, 0) is 4.79 Å². The molecule has 1 atom stereocenters. The quantitative estimate of drug-likeness (QED) is 0.897. The zero-order valence-electron chi connectivity index (χ0n) is 11.3. The molecule has 1 aromatic carbocycles. The van der Waals surface area contributed by atoms with Crippen molar-refractivity contribution in [3.63, 3.8) is 0 Å². The molecule has 2 fully saturated rings. The zero-order chi connectivity index (χ0) is 13.2. The minimum Gasteiger partial charge on any atom is -0.496 e. The van der Waals surface area contributed by atoms with Crippen molar-refractivity contribution in [3.05, 3.63) is 29.8 Å². The van der Waals surface area contributed by atoms with E-state index >= 15 is 0 Å². The van der Waals surface area contributed by atoms with Crippen LogP contribution >= 0.6 is 0 Å². The van der Waals surface area contributed by atoms with Gasteiger partial charge in [0, 0.05) is 31.1 Å². The van der Waals surface area contributed by atoms with Gasteiger partial charge < -0.3 is 15.0 Å². The number of nitrogens with one attached hydrogen (secondary N) is 1. The first-order valence-electron chi connectivity index (χ1n) is 6.95. The average molecular weight is 260 g/mol. The van der Waals surface area contributed by atoms with E-state index in [1.807, 2.05) is 23.1 Å². The molecule has 2 aliphatic rings. The van der Waals surface area contributed by atoms with Gasteiger partial charge in [-0.2, -0.15) is 0 Å². The lowest BCUT2D eigenvalue weighted by Crippen LogP contribution is -2.49. The first-order chi connectivity index (χ1) is 9.31. The van der Waals surface area contributed by atoms with Crippen molar-refractivity contribution in [3.8, 4) is 5.75 Å². The Hall–Kier alpha value is -1.55. The molecule has 1 N–H and O–H groups in total. The van der Waals surface area contributed by atoms with Gasteiger partial charge in [-0.25, -0.2) is 0 Å². The van der Waals surface area contributed by atoms with E-state index in [0.29, 0.717) is 5.91 Å². The van der Waals surface area contributed by atoms with Crippen LogP contribution in [0.15, 0.2) is 24.3 Å². The molecule has 1 unspecified atom stereocenters. The summed E-state index contributed by atoms with van der Waals surface area (Å²) in [5, 5.41) is 3.38. The number of methoxy groups -OCH3 is 1. The average Bonchev–Trinajstić information content (AvgIpc) is 3.31. The number of hydrogen-bond donors (Lipinski definition) is 1. The van der Waals surface area contributed by atoms with Gasteiger partial charge in [0.2, 0.25) is 5.91 Å². The van der Waals surface area contributed by atoms with Crippen molar-refractivity contribution < 1.29 is 9.53 Å². The summed E-state index contributed by atoms with van der Waals surface area (Å²) in [4.78, 5) is 14.4. The van der Waals surface area contributed by atoms with Gasteiger partial charge in [-0.15, -0.1) is 0 Å². The van der Waals surface area contributed by atoms with Crippen molar-refractivity contribution in [2.24, 2.45) is 5.92 Å². The fraction of sp³-hybridized carbons (Fsp3) is 0.533. The van der Waals surface area contributed by atoms with Crippen LogP contribution in [0.3, 0.4) is 0 Å². The zero-order valence-corrected chi connectivity index (χ0v) is 11.3. The molecule has 0 radical (unpaired) electrons. The number of amides is 1. The third-order valence-electron chi connectivity index (χ3n) is 3.95. The number of carbonyl (C=O) groups excluding carboxylic acids is 1. The maximum absolute atomic E-state index is 12.4. The van der Waals surface area contributed by atoms with Gasteiger partial charge >= 0.3 is 0 Å². The second kappa shape index (κ2) is 5.21. The van der Waals surface area contributed by atoms with Crippen LogP contribution < -0.4 is 10.1 Å². The lowest BCUT2D eigenvalue weighted by atomic mass is 10.0. The SMILES string of the molecule is COc1ccccc1C1CNCCN1C(=O)C1CC1. The molecular weight excluding hydrogens is 240 g/mol. The van der Waals surface area contributed by atoms with Crippen LogP contribution in [0, 0.1) is 5.92 Å². The Bertz CT molecular complexity index is 471. The summed E-state index contributed by atoms with van der Waals surface area (Å²) in [5.74, 6) is 1.46. The van der Waals surface area contributed by atoms with Crippen LogP contribution in [0.5, 0.6) is 5.75 Å². The molecule has 4 nitrogen and oxygen atoms in total. The van der Waals surface area contributed by atoms with Crippen molar-refractivity contribution >= 4 is 5.91 Å². The van der Waals surface area contributed by atoms with E-state index in [9.17, 15) is 4.79 Å². The highest BCUT2D eigenvalue weighted by atomic mass is 16.5. The van der Waals surface area contributed by atoms with Gasteiger partial charge in [-0.3, -0.25) is 4.79 Å². The molecule has 102 valence electrons. The third-order valence-corrected chi connectivity index (χ3v) is 3.95. The summed E-state index contributed by atoms with van der Waals surface area (Å²) < 4.78 is 5.44. The highest BCUT2D eigenvalue weighted by Gasteiger charge is 2.38. The largest absolute Gasteiger partial charge is 0.496 e. The minimum absolute atomic E-state index is 0.0954. The van der Waals surface area contributed by atoms with Gasteiger partial charge in [0.25, 0.3) is 0 Å². The monoisotopic (exact) mass is 260 g/mol. The summed E-state index contributed by atoms with van der Waals surface area (Å²) in [5.41, 5.74) is 1.10. The number of rotatable bonds is 3. The number of nitrogens with zero attached hydrogens (tertiary/aromatic N) is 1. The highest BCUT2D eigenvalue weighted by Crippen LogP contribution is 2.36. The summed E-state index contributed by atoms with van der Waals surface area (Å²) in [6.07, 6.45) is 2.11. The Morgan fingerprint density at radius 2 is 2.16 bits per heavy atom. The highest BCUT2D eigenvalue weighted by molar-refractivity contribution is 5.81. The van der Waals surface area contributed by atoms with Gasteiger partial charge in [-0.1, -0.05) is 18.2 Å². The fourth-order valence-corrected chi connectivity index (χ4v) is 2.75. The van der Waals surface area contributed by atoms with Gasteiger partial charge in [0.05, 0.1) is 13.2 Å². The fourth-order valence-electron chi connectivity index (χ4n) is 2.75. The molecule has 1 aliphatic carbocycles. The molecule has 0 aromatic heterocycles. The van der Waals surface area contributed by atoms with Crippen LogP contribution in [0.25, 0.3) is 0 Å². The predicted molar refractivity (Wildman–Crippen MR) is 73.0 cm³/mol. The molecule has 4 heteroatoms. The first-order valence-corrected chi connectivity index (χ1v) is 6.95. The van der Waals surface area contributed by atoms with Crippen LogP contribution in [0.1, 0.15) is 24.4 Å². The molecule has 3 rings (SSSR count). The minimum atomic E-state index is 0.0954. The second-order valence-electron chi connectivity index (χ2n) is 5.27. The van der Waals surface area contributed by atoms with E-state index in [0.717, 1.165) is 43.8 Å². The number of ether oxygens (including phenoxy) is 1. The number of piperazine rings is 1. The maximum Gasteiger partial charge on any atom is 0.226 e. The van der Waals surface area contributed by atoms with E-state index < -0.39 is 0 Å². The predicted octanol–water partition coefficient (Wildman–Crippen LogP) is 1.58. The van der Waals surface area contributed by atoms with E-state index in [-0.39, 0.29) is 12.0 Å². The number of para-hydroxylation sites is 1. The molecule has 19 heavy (non-hydrogen) atoms. The standard InChI is InChI=1S/C15H20N2O2/c1-19-14-5-3-2-4-12(14)13-10-16-8-9-17(13)15(18)11-6-7-11/h2-5,11,13,16H,6-10H2,1H3. The van der Waals surface area contributed by atoms with E-state index in [4.69, 9.17) is 4.74 Å². The first kappa shape index (κ1) is 12.5. The molecule has 1 heterocycles. The number of carbonyl (C=O) groups is 1. The molecule has 1 aliphatic heterocycles. The molecule has 1 amide bonds. The topological polar surface area (TPSA) is 41.6 Å². The van der Waals surface area contributed by atoms with Gasteiger partial charge in [0.15, 0.2) is 0 Å². The Morgan fingerprint density at radius 1 is 1.37 bits per heavy atom. The van der Waals surface area contributed by atoms with Crippen LogP contribution in [-0.4, -0.2) is 37.6 Å². The second-order valence-corrected chi connectivity index (χ2v) is 5.27. The smallest absolute Gasteiger partial charge is 0.226 e. The molecule has 0 spiro atoms. The number of benzene rings is 1. The lowest BCUT2D eigenvalue weighted by Gasteiger charge is -2.37. The summed E-state index contributed by atoms with van der Waals surface area (Å²) in [7, 11) is 1.68. The van der Waals surface area contributed by atoms with E-state index in [2.05, 4.69) is 11.4 Å².